The van der Waals surface area contributed by atoms with E-state index in [1.165, 1.54) is 15.4 Å². The van der Waals surface area contributed by atoms with Gasteiger partial charge in [-0.25, -0.2) is 0 Å². The Morgan fingerprint density at radius 1 is 1.09 bits per heavy atom. The molecule has 0 N–H and O–H groups in total. The molecule has 0 spiro atoms. The molecule has 1 rings (SSSR count). The zero-order valence-corrected chi connectivity index (χ0v) is 8.68. The van der Waals surface area contributed by atoms with Gasteiger partial charge in [-0.05, 0) is 31.1 Å². The lowest BCUT2D eigenvalue weighted by molar-refractivity contribution is 1.17. The minimum absolute atomic E-state index is 1.38. The molecule has 0 bridgehead atoms. The number of thioether (sulfide) groups is 2. The van der Waals surface area contributed by atoms with Gasteiger partial charge in [0.15, 0.2) is 0 Å². The lowest BCUT2D eigenvalue weighted by atomic mass is 10.2. The zero-order valence-electron chi connectivity index (χ0n) is 7.05. The molecule has 0 aliphatic carbocycles. The Morgan fingerprint density at radius 2 is 1.82 bits per heavy atom. The maximum atomic E-state index is 2.17. The van der Waals surface area contributed by atoms with Gasteiger partial charge in [0.25, 0.3) is 0 Å². The van der Waals surface area contributed by atoms with Crippen LogP contribution in [0.15, 0.2) is 28.0 Å². The Hall–Kier alpha value is -0.0800. The second-order valence-corrected chi connectivity index (χ2v) is 3.97. The fraction of sp³-hybridized carbons (Fsp3) is 0.333. The normalized spacial score (nSPS) is 10.1. The fourth-order valence-corrected chi connectivity index (χ4v) is 2.77. The first kappa shape index (κ1) is 9.01. The molecule has 0 unspecified atom stereocenters. The third-order valence-electron chi connectivity index (χ3n) is 1.60. The van der Waals surface area contributed by atoms with Crippen LogP contribution in [-0.2, 0) is 0 Å². The third-order valence-corrected chi connectivity index (χ3v) is 3.46. The Balaban J connectivity index is 3.13. The second kappa shape index (κ2) is 4.07. The largest absolute Gasteiger partial charge is 0.128 e. The highest BCUT2D eigenvalue weighted by molar-refractivity contribution is 8.01. The highest BCUT2D eigenvalue weighted by Crippen LogP contribution is 2.30. The van der Waals surface area contributed by atoms with Crippen LogP contribution in [0.3, 0.4) is 0 Å². The van der Waals surface area contributed by atoms with E-state index >= 15 is 0 Å². The standard InChI is InChI=1S/C9H12S2/c1-7-5-4-6-8(10-2)9(7)11-3/h4-6H,1-3H3. The van der Waals surface area contributed by atoms with Gasteiger partial charge in [-0.2, -0.15) is 0 Å². The Morgan fingerprint density at radius 3 is 2.27 bits per heavy atom. The van der Waals surface area contributed by atoms with E-state index in [-0.39, 0.29) is 0 Å². The number of hydrogen-bond donors (Lipinski definition) is 0. The minimum atomic E-state index is 1.38. The van der Waals surface area contributed by atoms with Gasteiger partial charge in [0.2, 0.25) is 0 Å². The number of rotatable bonds is 2. The molecular weight excluding hydrogens is 172 g/mol. The lowest BCUT2D eigenvalue weighted by Crippen LogP contribution is -1.81. The van der Waals surface area contributed by atoms with Gasteiger partial charge in [-0.3, -0.25) is 0 Å². The van der Waals surface area contributed by atoms with Crippen LogP contribution in [0.1, 0.15) is 5.56 Å². The van der Waals surface area contributed by atoms with Crippen LogP contribution < -0.4 is 0 Å². The lowest BCUT2D eigenvalue weighted by Gasteiger charge is -2.06. The molecule has 0 fully saturated rings. The molecule has 1 aromatic rings. The van der Waals surface area contributed by atoms with Gasteiger partial charge in [-0.1, -0.05) is 12.1 Å². The molecule has 0 nitrogen and oxygen atoms in total. The molecule has 2 heteroatoms. The van der Waals surface area contributed by atoms with Gasteiger partial charge in [0.05, 0.1) is 0 Å². The summed E-state index contributed by atoms with van der Waals surface area (Å²) >= 11 is 3.64. The van der Waals surface area contributed by atoms with Crippen molar-refractivity contribution in [2.24, 2.45) is 0 Å². The van der Waals surface area contributed by atoms with Crippen molar-refractivity contribution in [2.75, 3.05) is 12.5 Å². The Bertz CT molecular complexity index is 243. The smallest absolute Gasteiger partial charge is 0.0234 e. The molecule has 0 aliphatic heterocycles. The summed E-state index contributed by atoms with van der Waals surface area (Å²) < 4.78 is 0. The molecule has 1 aromatic carbocycles. The molecule has 0 saturated carbocycles. The molecule has 0 atom stereocenters. The van der Waals surface area contributed by atoms with Crippen molar-refractivity contribution >= 4 is 23.5 Å². The predicted octanol–water partition coefficient (Wildman–Crippen LogP) is 3.44. The quantitative estimate of drug-likeness (QED) is 0.646. The summed E-state index contributed by atoms with van der Waals surface area (Å²) in [6.07, 6.45) is 4.25. The van der Waals surface area contributed by atoms with Crippen LogP contribution >= 0.6 is 23.5 Å². The molecular formula is C9H12S2. The van der Waals surface area contributed by atoms with Crippen LogP contribution in [0, 0.1) is 6.92 Å². The fourth-order valence-electron chi connectivity index (χ4n) is 1.05. The van der Waals surface area contributed by atoms with Gasteiger partial charge in [0, 0.05) is 9.79 Å². The monoisotopic (exact) mass is 184 g/mol. The van der Waals surface area contributed by atoms with E-state index in [1.54, 1.807) is 0 Å². The Kier molecular flexibility index (Phi) is 3.34. The molecule has 0 saturated heterocycles. The van der Waals surface area contributed by atoms with Crippen LogP contribution in [0.2, 0.25) is 0 Å². The van der Waals surface area contributed by atoms with Crippen molar-refractivity contribution in [3.63, 3.8) is 0 Å². The molecule has 0 aromatic heterocycles. The van der Waals surface area contributed by atoms with Crippen molar-refractivity contribution in [3.05, 3.63) is 23.8 Å². The first-order valence-corrected chi connectivity index (χ1v) is 5.92. The van der Waals surface area contributed by atoms with E-state index < -0.39 is 0 Å². The molecule has 60 valence electrons. The van der Waals surface area contributed by atoms with E-state index in [2.05, 4.69) is 37.6 Å². The molecule has 11 heavy (non-hydrogen) atoms. The highest BCUT2D eigenvalue weighted by Gasteiger charge is 2.01. The topological polar surface area (TPSA) is 0 Å². The van der Waals surface area contributed by atoms with Gasteiger partial charge < -0.3 is 0 Å². The van der Waals surface area contributed by atoms with Gasteiger partial charge in [0.1, 0.15) is 0 Å². The zero-order chi connectivity index (χ0) is 8.27. The summed E-state index contributed by atoms with van der Waals surface area (Å²) in [7, 11) is 0. The van der Waals surface area contributed by atoms with Crippen molar-refractivity contribution in [3.8, 4) is 0 Å². The first-order valence-electron chi connectivity index (χ1n) is 3.47. The average Bonchev–Trinajstić information content (AvgIpc) is 2.04. The summed E-state index contributed by atoms with van der Waals surface area (Å²) in [5.74, 6) is 0. The van der Waals surface area contributed by atoms with Crippen molar-refractivity contribution in [1.82, 2.24) is 0 Å². The SMILES string of the molecule is CSc1cccc(C)c1SC. The molecule has 0 heterocycles. The second-order valence-electron chi connectivity index (χ2n) is 2.31. The van der Waals surface area contributed by atoms with E-state index in [9.17, 15) is 0 Å². The van der Waals surface area contributed by atoms with Crippen LogP contribution in [-0.4, -0.2) is 12.5 Å². The maximum absolute atomic E-state index is 2.17. The third kappa shape index (κ3) is 1.94. The summed E-state index contributed by atoms with van der Waals surface area (Å²) in [6, 6.07) is 6.44. The van der Waals surface area contributed by atoms with E-state index in [4.69, 9.17) is 0 Å². The van der Waals surface area contributed by atoms with Crippen molar-refractivity contribution in [2.45, 2.75) is 16.7 Å². The summed E-state index contributed by atoms with van der Waals surface area (Å²) in [5.41, 5.74) is 1.38. The average molecular weight is 184 g/mol. The van der Waals surface area contributed by atoms with Gasteiger partial charge in [-0.15, -0.1) is 23.5 Å². The van der Waals surface area contributed by atoms with E-state index in [1.807, 2.05) is 23.5 Å². The summed E-state index contributed by atoms with van der Waals surface area (Å²) in [4.78, 5) is 2.80. The number of aryl methyl sites for hydroxylation is 1. The number of hydrogen-bond acceptors (Lipinski definition) is 2. The number of benzene rings is 1. The molecule has 0 radical (unpaired) electrons. The van der Waals surface area contributed by atoms with Crippen molar-refractivity contribution < 1.29 is 0 Å². The van der Waals surface area contributed by atoms with E-state index in [0.717, 1.165) is 0 Å². The van der Waals surface area contributed by atoms with Crippen LogP contribution in [0.25, 0.3) is 0 Å². The Labute approximate surface area is 76.8 Å². The first-order chi connectivity index (χ1) is 5.29. The summed E-state index contributed by atoms with van der Waals surface area (Å²) in [6.45, 7) is 2.16. The highest BCUT2D eigenvalue weighted by atomic mass is 32.2. The van der Waals surface area contributed by atoms with Gasteiger partial charge >= 0.3 is 0 Å². The minimum Gasteiger partial charge on any atom is -0.128 e. The van der Waals surface area contributed by atoms with Crippen LogP contribution in [0.5, 0.6) is 0 Å². The summed E-state index contributed by atoms with van der Waals surface area (Å²) in [5, 5.41) is 0. The maximum Gasteiger partial charge on any atom is 0.0234 e. The van der Waals surface area contributed by atoms with Crippen LogP contribution in [0.4, 0.5) is 0 Å². The van der Waals surface area contributed by atoms with E-state index in [0.29, 0.717) is 0 Å². The molecule has 0 amide bonds. The van der Waals surface area contributed by atoms with Crippen molar-refractivity contribution in [1.29, 1.82) is 0 Å². The molecule has 0 aliphatic rings. The predicted molar refractivity (Wildman–Crippen MR) is 54.7 cm³/mol.